The maximum atomic E-state index is 13.0. The van der Waals surface area contributed by atoms with Crippen LogP contribution in [0.1, 0.15) is 55.4 Å². The molecule has 1 amide bonds. The molecule has 1 saturated carbocycles. The number of nitrogens with zero attached hydrogens (tertiary/aromatic N) is 3. The summed E-state index contributed by atoms with van der Waals surface area (Å²) in [5, 5.41) is 1.49. The van der Waals surface area contributed by atoms with Crippen LogP contribution in [0.25, 0.3) is 10.2 Å². The van der Waals surface area contributed by atoms with Gasteiger partial charge in [0, 0.05) is 24.5 Å². The molecule has 0 N–H and O–H groups in total. The fourth-order valence-corrected chi connectivity index (χ4v) is 7.54. The minimum Gasteiger partial charge on any atom is -0.339 e. The van der Waals surface area contributed by atoms with E-state index < -0.39 is 0 Å². The van der Waals surface area contributed by atoms with Gasteiger partial charge in [0.1, 0.15) is 4.83 Å². The molecule has 0 radical (unpaired) electrons. The Bertz CT molecular complexity index is 978. The van der Waals surface area contributed by atoms with Gasteiger partial charge in [0.25, 0.3) is 5.56 Å². The maximum absolute atomic E-state index is 13.0. The average Bonchev–Trinajstić information content (AvgIpc) is 3.29. The van der Waals surface area contributed by atoms with Gasteiger partial charge in [-0.05, 0) is 56.4 Å². The number of likely N-dealkylation sites (tertiary alicyclic amines) is 1. The standard InChI is InChI=1S/C21H27N3O2S2/c1-23-20(26)18-14-8-4-10-16(14)28-19(18)22-21(23)27-12-17(25)24-11-5-7-13-6-2-3-9-15(13)24/h13,15H,2-12H2,1H3/t13-,15+/m1/s1. The minimum absolute atomic E-state index is 0.0460. The number of fused-ring (bicyclic) bond motifs is 4. The van der Waals surface area contributed by atoms with Crippen LogP contribution in [0.15, 0.2) is 9.95 Å². The second kappa shape index (κ2) is 7.48. The molecule has 0 aromatic carbocycles. The Morgan fingerprint density at radius 3 is 2.89 bits per heavy atom. The van der Waals surface area contributed by atoms with Crippen molar-refractivity contribution in [1.29, 1.82) is 0 Å². The summed E-state index contributed by atoms with van der Waals surface area (Å²) >= 11 is 3.09. The Balaban J connectivity index is 1.35. The molecule has 5 rings (SSSR count). The quantitative estimate of drug-likeness (QED) is 0.564. The number of thiophene rings is 1. The van der Waals surface area contributed by atoms with Gasteiger partial charge in [-0.15, -0.1) is 11.3 Å². The maximum Gasteiger partial charge on any atom is 0.262 e. The van der Waals surface area contributed by atoms with E-state index in [9.17, 15) is 9.59 Å². The number of carbonyl (C=O) groups excluding carboxylic acids is 1. The Kier molecular flexibility index (Phi) is 4.99. The van der Waals surface area contributed by atoms with Crippen LogP contribution in [-0.4, -0.2) is 38.7 Å². The topological polar surface area (TPSA) is 55.2 Å². The number of aryl methyl sites for hydroxylation is 2. The molecule has 2 aliphatic carbocycles. The summed E-state index contributed by atoms with van der Waals surface area (Å²) in [6, 6.07) is 0.440. The van der Waals surface area contributed by atoms with E-state index in [1.807, 2.05) is 0 Å². The molecule has 2 aromatic heterocycles. The third-order valence-corrected chi connectivity index (χ3v) is 8.99. The number of thioether (sulfide) groups is 1. The Labute approximate surface area is 173 Å². The van der Waals surface area contributed by atoms with Gasteiger partial charge >= 0.3 is 0 Å². The number of rotatable bonds is 3. The summed E-state index contributed by atoms with van der Waals surface area (Å²) in [5.74, 6) is 1.29. The van der Waals surface area contributed by atoms with Crippen LogP contribution in [0.3, 0.4) is 0 Å². The first-order valence-electron chi connectivity index (χ1n) is 10.6. The smallest absolute Gasteiger partial charge is 0.262 e. The zero-order chi connectivity index (χ0) is 19.3. The molecular weight excluding hydrogens is 390 g/mol. The van der Waals surface area contributed by atoms with Gasteiger partial charge in [0.05, 0.1) is 11.1 Å². The number of piperidine rings is 1. The lowest BCUT2D eigenvalue weighted by Gasteiger charge is -2.44. The molecule has 5 nitrogen and oxygen atoms in total. The molecule has 1 saturated heterocycles. The van der Waals surface area contributed by atoms with E-state index >= 15 is 0 Å². The summed E-state index contributed by atoms with van der Waals surface area (Å²) in [7, 11) is 1.79. The highest BCUT2D eigenvalue weighted by molar-refractivity contribution is 7.99. The van der Waals surface area contributed by atoms with E-state index in [-0.39, 0.29) is 11.5 Å². The molecular formula is C21H27N3O2S2. The van der Waals surface area contributed by atoms with Gasteiger partial charge in [-0.1, -0.05) is 24.6 Å². The van der Waals surface area contributed by atoms with Gasteiger partial charge in [0.15, 0.2) is 5.16 Å². The highest BCUT2D eigenvalue weighted by Gasteiger charge is 2.35. The lowest BCUT2D eigenvalue weighted by molar-refractivity contribution is -0.134. The van der Waals surface area contributed by atoms with Crippen LogP contribution < -0.4 is 5.56 Å². The van der Waals surface area contributed by atoms with Crippen LogP contribution in [0.4, 0.5) is 0 Å². The number of hydrogen-bond acceptors (Lipinski definition) is 5. The van der Waals surface area contributed by atoms with Crippen molar-refractivity contribution in [3.05, 3.63) is 20.8 Å². The van der Waals surface area contributed by atoms with Gasteiger partial charge < -0.3 is 4.90 Å². The molecule has 0 unspecified atom stereocenters. The van der Waals surface area contributed by atoms with Crippen molar-refractivity contribution in [2.75, 3.05) is 12.3 Å². The van der Waals surface area contributed by atoms with E-state index in [1.54, 1.807) is 23.0 Å². The molecule has 3 heterocycles. The number of aromatic nitrogens is 2. The van der Waals surface area contributed by atoms with Gasteiger partial charge in [-0.25, -0.2) is 4.98 Å². The molecule has 2 aromatic rings. The minimum atomic E-state index is 0.0460. The zero-order valence-electron chi connectivity index (χ0n) is 16.4. The monoisotopic (exact) mass is 417 g/mol. The van der Waals surface area contributed by atoms with Crippen molar-refractivity contribution in [2.24, 2.45) is 13.0 Å². The van der Waals surface area contributed by atoms with Crippen molar-refractivity contribution in [2.45, 2.75) is 69.0 Å². The highest BCUT2D eigenvalue weighted by Crippen LogP contribution is 2.37. The van der Waals surface area contributed by atoms with E-state index in [1.165, 1.54) is 47.9 Å². The molecule has 1 aliphatic heterocycles. The molecule has 2 fully saturated rings. The number of carbonyl (C=O) groups is 1. The predicted molar refractivity (Wildman–Crippen MR) is 114 cm³/mol. The summed E-state index contributed by atoms with van der Waals surface area (Å²) in [6.07, 6.45) is 10.6. The van der Waals surface area contributed by atoms with Crippen molar-refractivity contribution in [3.63, 3.8) is 0 Å². The number of hydrogen-bond donors (Lipinski definition) is 0. The Morgan fingerprint density at radius 2 is 2.00 bits per heavy atom. The SMILES string of the molecule is Cn1c(SCC(=O)N2CCC[C@H]3CCCC[C@@H]32)nc2sc3c(c2c1=O)CCC3. The second-order valence-corrected chi connectivity index (χ2v) is 10.5. The molecule has 0 spiro atoms. The van der Waals surface area contributed by atoms with Gasteiger partial charge in [-0.3, -0.25) is 14.2 Å². The zero-order valence-corrected chi connectivity index (χ0v) is 18.0. The van der Waals surface area contributed by atoms with E-state index in [2.05, 4.69) is 4.90 Å². The summed E-state index contributed by atoms with van der Waals surface area (Å²) < 4.78 is 1.64. The largest absolute Gasteiger partial charge is 0.339 e. The van der Waals surface area contributed by atoms with Crippen molar-refractivity contribution < 1.29 is 4.79 Å². The third-order valence-electron chi connectivity index (χ3n) is 6.79. The average molecular weight is 418 g/mol. The first-order chi connectivity index (χ1) is 13.6. The second-order valence-electron chi connectivity index (χ2n) is 8.43. The van der Waals surface area contributed by atoms with Crippen molar-refractivity contribution >= 4 is 39.2 Å². The predicted octanol–water partition coefficient (Wildman–Crippen LogP) is 3.76. The van der Waals surface area contributed by atoms with Crippen LogP contribution in [0.5, 0.6) is 0 Å². The van der Waals surface area contributed by atoms with Crippen molar-refractivity contribution in [1.82, 2.24) is 14.5 Å². The molecule has 2 atom stereocenters. The fourth-order valence-electron chi connectivity index (χ4n) is 5.38. The van der Waals surface area contributed by atoms with Crippen LogP contribution in [-0.2, 0) is 24.7 Å². The van der Waals surface area contributed by atoms with Crippen LogP contribution in [0.2, 0.25) is 0 Å². The summed E-state index contributed by atoms with van der Waals surface area (Å²) in [4.78, 5) is 35.0. The first-order valence-corrected chi connectivity index (χ1v) is 12.4. The lowest BCUT2D eigenvalue weighted by Crippen LogP contribution is -2.50. The molecule has 3 aliphatic rings. The van der Waals surface area contributed by atoms with E-state index in [0.717, 1.165) is 48.9 Å². The molecule has 150 valence electrons. The molecule has 28 heavy (non-hydrogen) atoms. The molecule has 0 bridgehead atoms. The van der Waals surface area contributed by atoms with E-state index in [0.29, 0.717) is 22.9 Å². The lowest BCUT2D eigenvalue weighted by atomic mass is 9.78. The summed E-state index contributed by atoms with van der Waals surface area (Å²) in [5.41, 5.74) is 1.27. The van der Waals surface area contributed by atoms with Crippen LogP contribution in [0, 0.1) is 5.92 Å². The Hall–Kier alpha value is -1.34. The van der Waals surface area contributed by atoms with Crippen molar-refractivity contribution in [3.8, 4) is 0 Å². The fraction of sp³-hybridized carbons (Fsp3) is 0.667. The van der Waals surface area contributed by atoms with E-state index in [4.69, 9.17) is 4.98 Å². The van der Waals surface area contributed by atoms with Crippen LogP contribution >= 0.6 is 23.1 Å². The summed E-state index contributed by atoms with van der Waals surface area (Å²) in [6.45, 7) is 0.892. The van der Waals surface area contributed by atoms with Gasteiger partial charge in [0.2, 0.25) is 5.91 Å². The molecule has 7 heteroatoms. The normalized spacial score (nSPS) is 24.4. The first kappa shape index (κ1) is 18.7. The number of amides is 1. The Morgan fingerprint density at radius 1 is 1.18 bits per heavy atom. The highest BCUT2D eigenvalue weighted by atomic mass is 32.2. The van der Waals surface area contributed by atoms with Gasteiger partial charge in [-0.2, -0.15) is 0 Å². The third kappa shape index (κ3) is 3.11.